The molecule has 2 aromatic carbocycles. The van der Waals surface area contributed by atoms with Gasteiger partial charge in [0.1, 0.15) is 0 Å². The third-order valence-corrected chi connectivity index (χ3v) is 8.14. The van der Waals surface area contributed by atoms with Gasteiger partial charge in [0.2, 0.25) is 0 Å². The van der Waals surface area contributed by atoms with Crippen LogP contribution < -0.4 is 11.0 Å². The number of hydrogen-bond donors (Lipinski definition) is 2. The first-order chi connectivity index (χ1) is 15.1. The van der Waals surface area contributed by atoms with Gasteiger partial charge in [0.25, 0.3) is 11.5 Å². The van der Waals surface area contributed by atoms with Crippen molar-refractivity contribution in [2.45, 2.75) is 37.9 Å². The summed E-state index contributed by atoms with van der Waals surface area (Å²) >= 11 is 0. The number of aromatic nitrogens is 2. The van der Waals surface area contributed by atoms with Gasteiger partial charge in [-0.25, -0.2) is 18.9 Å². The smallest absolute Gasteiger partial charge is 0.264 e. The zero-order valence-electron chi connectivity index (χ0n) is 17.7. The number of hydroxylamine groups is 1. The molecular formula is C22H23N3O6S. The van der Waals surface area contributed by atoms with Crippen molar-refractivity contribution in [1.29, 1.82) is 0 Å². The van der Waals surface area contributed by atoms with Gasteiger partial charge in [-0.3, -0.25) is 19.4 Å². The predicted molar refractivity (Wildman–Crippen MR) is 118 cm³/mol. The van der Waals surface area contributed by atoms with Gasteiger partial charge in [-0.05, 0) is 53.8 Å². The third-order valence-electron chi connectivity index (χ3n) is 6.11. The summed E-state index contributed by atoms with van der Waals surface area (Å²) in [5, 5.41) is 9.33. The Balaban J connectivity index is 1.64. The number of carbonyl (C=O) groups is 1. The number of benzene rings is 2. The number of carbonyl (C=O) groups excluding carboxylic acids is 1. The summed E-state index contributed by atoms with van der Waals surface area (Å²) in [5.74, 6) is -1.05. The number of nitrogens with one attached hydrogen (secondary N) is 1. The lowest BCUT2D eigenvalue weighted by Gasteiger charge is -2.25. The van der Waals surface area contributed by atoms with Crippen molar-refractivity contribution < 1.29 is 23.2 Å². The summed E-state index contributed by atoms with van der Waals surface area (Å²) in [7, 11) is -3.86. The molecule has 1 aliphatic rings. The van der Waals surface area contributed by atoms with E-state index in [0.717, 1.165) is 22.9 Å². The summed E-state index contributed by atoms with van der Waals surface area (Å²) in [6, 6.07) is 11.5. The van der Waals surface area contributed by atoms with Crippen LogP contribution in [0.15, 0.2) is 47.5 Å². The maximum atomic E-state index is 12.9. The summed E-state index contributed by atoms with van der Waals surface area (Å²) in [6.45, 7) is 2.35. The van der Waals surface area contributed by atoms with E-state index in [1.54, 1.807) is 6.07 Å². The lowest BCUT2D eigenvalue weighted by molar-refractivity contribution is -0.131. The van der Waals surface area contributed by atoms with E-state index < -0.39 is 20.5 Å². The van der Waals surface area contributed by atoms with Gasteiger partial charge in [0, 0.05) is 12.8 Å². The maximum absolute atomic E-state index is 12.9. The van der Waals surface area contributed by atoms with E-state index in [4.69, 9.17) is 9.94 Å². The number of aryl methyl sites for hydroxylation is 1. The average molecular weight is 458 g/mol. The molecular weight excluding hydrogens is 434 g/mol. The second kappa shape index (κ2) is 8.12. The van der Waals surface area contributed by atoms with Crippen molar-refractivity contribution in [3.8, 4) is 11.1 Å². The van der Waals surface area contributed by atoms with Crippen molar-refractivity contribution in [3.63, 3.8) is 0 Å². The van der Waals surface area contributed by atoms with Gasteiger partial charge in [0.05, 0.1) is 30.4 Å². The highest BCUT2D eigenvalue weighted by molar-refractivity contribution is 7.92. The number of rotatable bonds is 6. The molecule has 32 heavy (non-hydrogen) atoms. The molecule has 0 saturated carbocycles. The van der Waals surface area contributed by atoms with Crippen LogP contribution in [0.25, 0.3) is 22.0 Å². The zero-order chi connectivity index (χ0) is 23.1. The minimum atomic E-state index is -3.86. The molecule has 1 aliphatic heterocycles. The van der Waals surface area contributed by atoms with E-state index in [1.165, 1.54) is 28.9 Å². The molecule has 0 aliphatic carbocycles. The van der Waals surface area contributed by atoms with Gasteiger partial charge in [-0.15, -0.1) is 0 Å². The van der Waals surface area contributed by atoms with Crippen molar-refractivity contribution >= 4 is 26.6 Å². The Labute approximate surface area is 184 Å². The lowest BCUT2D eigenvalue weighted by Crippen LogP contribution is -2.50. The molecule has 0 saturated heterocycles. The van der Waals surface area contributed by atoms with Crippen LogP contribution in [0.3, 0.4) is 0 Å². The highest BCUT2D eigenvalue weighted by Crippen LogP contribution is 2.28. The third kappa shape index (κ3) is 3.81. The molecule has 0 radical (unpaired) electrons. The summed E-state index contributed by atoms with van der Waals surface area (Å²) < 4.78 is 29.1. The molecule has 1 aromatic heterocycles. The first kappa shape index (κ1) is 22.1. The summed E-state index contributed by atoms with van der Waals surface area (Å²) in [6.07, 6.45) is 2.04. The lowest BCUT2D eigenvalue weighted by atomic mass is 9.99. The Kier molecular flexibility index (Phi) is 5.61. The van der Waals surface area contributed by atoms with Gasteiger partial charge < -0.3 is 4.74 Å². The number of hydrogen-bond acceptors (Lipinski definition) is 7. The van der Waals surface area contributed by atoms with Gasteiger partial charge in [0.15, 0.2) is 14.6 Å². The highest BCUT2D eigenvalue weighted by atomic mass is 32.2. The number of sulfone groups is 1. The Morgan fingerprint density at radius 1 is 1.19 bits per heavy atom. The average Bonchev–Trinajstić information content (AvgIpc) is 3.24. The molecule has 9 nitrogen and oxygen atoms in total. The fourth-order valence-electron chi connectivity index (χ4n) is 3.77. The van der Waals surface area contributed by atoms with Crippen molar-refractivity contribution in [2.75, 3.05) is 6.26 Å². The summed E-state index contributed by atoms with van der Waals surface area (Å²) in [5.41, 5.74) is 5.81. The van der Waals surface area contributed by atoms with Crippen molar-refractivity contribution in [3.05, 3.63) is 64.2 Å². The number of fused-ring (bicyclic) bond motifs is 2. The number of nitrogens with zero attached hydrogens (tertiary/aromatic N) is 2. The predicted octanol–water partition coefficient (Wildman–Crippen LogP) is 1.79. The van der Waals surface area contributed by atoms with Crippen LogP contribution in [-0.2, 0) is 39.1 Å². The maximum Gasteiger partial charge on any atom is 0.264 e. The van der Waals surface area contributed by atoms with E-state index in [9.17, 15) is 18.0 Å². The molecule has 3 aromatic rings. The number of amides is 1. The van der Waals surface area contributed by atoms with E-state index in [2.05, 4.69) is 11.1 Å². The Hall–Kier alpha value is -3.08. The van der Waals surface area contributed by atoms with E-state index in [-0.39, 0.29) is 18.5 Å². The molecule has 10 heteroatoms. The SMILES string of the molecule is C[C@@](CCn1cnc2cc(-c3ccc4c(c3)COC4)ccc2c1=O)(C(=O)NO)S(C)(=O)=O. The van der Waals surface area contributed by atoms with Gasteiger partial charge in [-0.2, -0.15) is 0 Å². The second-order valence-electron chi connectivity index (χ2n) is 8.15. The molecule has 0 unspecified atom stereocenters. The van der Waals surface area contributed by atoms with E-state index in [1.807, 2.05) is 24.3 Å². The van der Waals surface area contributed by atoms with E-state index in [0.29, 0.717) is 24.1 Å². The van der Waals surface area contributed by atoms with Gasteiger partial charge >= 0.3 is 0 Å². The standard InChI is InChI=1S/C22H23N3O6S/c1-22(21(27)24-28,32(2,29)30)7-8-25-13-23-19-10-15(5-6-18(19)20(25)26)14-3-4-16-11-31-12-17(16)9-14/h3-6,9-10,13,28H,7-8,11-12H2,1-2H3,(H,24,27)/t22-/m1/s1. The normalized spacial score (nSPS) is 15.3. The van der Waals surface area contributed by atoms with Crippen LogP contribution in [0.2, 0.25) is 0 Å². The van der Waals surface area contributed by atoms with Crippen molar-refractivity contribution in [1.82, 2.24) is 15.0 Å². The molecule has 0 spiro atoms. The van der Waals surface area contributed by atoms with Crippen LogP contribution in [0, 0.1) is 0 Å². The molecule has 0 bridgehead atoms. The van der Waals surface area contributed by atoms with Crippen LogP contribution in [0.5, 0.6) is 0 Å². The highest BCUT2D eigenvalue weighted by Gasteiger charge is 2.43. The minimum absolute atomic E-state index is 0.0641. The van der Waals surface area contributed by atoms with Crippen LogP contribution in [-0.4, -0.2) is 40.1 Å². The van der Waals surface area contributed by atoms with Crippen LogP contribution in [0.4, 0.5) is 0 Å². The molecule has 1 atom stereocenters. The molecule has 2 heterocycles. The first-order valence-electron chi connectivity index (χ1n) is 9.97. The van der Waals surface area contributed by atoms with Crippen LogP contribution >= 0.6 is 0 Å². The Bertz CT molecular complexity index is 1380. The molecule has 168 valence electrons. The largest absolute Gasteiger partial charge is 0.372 e. The summed E-state index contributed by atoms with van der Waals surface area (Å²) in [4.78, 5) is 29.3. The molecule has 0 fully saturated rings. The first-order valence-corrected chi connectivity index (χ1v) is 11.9. The zero-order valence-corrected chi connectivity index (χ0v) is 18.5. The fraction of sp³-hybridized carbons (Fsp3) is 0.318. The molecule has 1 amide bonds. The van der Waals surface area contributed by atoms with Gasteiger partial charge in [-0.1, -0.05) is 18.2 Å². The molecule has 2 N–H and O–H groups in total. The topological polar surface area (TPSA) is 128 Å². The number of ether oxygens (including phenoxy) is 1. The van der Waals surface area contributed by atoms with E-state index >= 15 is 0 Å². The van der Waals surface area contributed by atoms with Crippen molar-refractivity contribution in [2.24, 2.45) is 0 Å². The van der Waals surface area contributed by atoms with Crippen LogP contribution in [0.1, 0.15) is 24.5 Å². The second-order valence-corrected chi connectivity index (χ2v) is 10.6. The minimum Gasteiger partial charge on any atom is -0.372 e. The quantitative estimate of drug-likeness (QED) is 0.427. The Morgan fingerprint density at radius 2 is 1.88 bits per heavy atom. The fourth-order valence-corrected chi connectivity index (χ4v) is 4.61. The molecule has 4 rings (SSSR count). The monoisotopic (exact) mass is 457 g/mol. The Morgan fingerprint density at radius 3 is 2.59 bits per heavy atom.